The molecule has 4 saturated carbocycles. The number of nitriles is 2. The SMILES string of the molecule is COc1ccc(OC)c(C(=O)CCC(=O)OC(C(=O)NC2CC2)c2ccc(Br)cc2)c1.N#Cc1ccc(C(OC(=O)CCC2CCCCC2)C(=O)NC2CC2)cc1.N#Cc1ccc(C(OC(=O)Cc2c[nH]c3ccc(Br)cc23)C(=O)NC2CC2)cc1. The molecule has 3 amide bonds. The molecule has 10 rings (SSSR count). The number of benzene rings is 5. The molecule has 6 aromatic rings. The Balaban J connectivity index is 0.000000168. The van der Waals surface area contributed by atoms with Crippen LogP contribution in [0.3, 0.4) is 0 Å². The van der Waals surface area contributed by atoms with Gasteiger partial charge in [-0.25, -0.2) is 0 Å². The van der Waals surface area contributed by atoms with E-state index in [0.717, 1.165) is 70.4 Å². The predicted molar refractivity (Wildman–Crippen MR) is 325 cm³/mol. The minimum absolute atomic E-state index is 0.0416. The number of amides is 3. The van der Waals surface area contributed by atoms with E-state index in [0.29, 0.717) is 57.2 Å². The zero-order valence-corrected chi connectivity index (χ0v) is 51.0. The summed E-state index contributed by atoms with van der Waals surface area (Å²) < 4.78 is 28.8. The number of aromatic nitrogens is 1. The smallest absolute Gasteiger partial charge is 0.311 e. The Hall–Kier alpha value is -8.33. The summed E-state index contributed by atoms with van der Waals surface area (Å²) in [6, 6.07) is 35.4. The van der Waals surface area contributed by atoms with E-state index in [4.69, 9.17) is 34.2 Å². The van der Waals surface area contributed by atoms with E-state index in [9.17, 15) is 33.6 Å². The third-order valence-electron chi connectivity index (χ3n) is 14.9. The number of methoxy groups -OCH3 is 2. The topological polar surface area (TPSA) is 265 Å². The Labute approximate surface area is 516 Å². The molecule has 86 heavy (non-hydrogen) atoms. The molecular formula is C66H68Br2N6O12. The van der Waals surface area contributed by atoms with Gasteiger partial charge in [-0.2, -0.15) is 10.5 Å². The van der Waals surface area contributed by atoms with Crippen LogP contribution >= 0.6 is 31.9 Å². The summed E-state index contributed by atoms with van der Waals surface area (Å²) in [6.07, 6.45) is 11.5. The van der Waals surface area contributed by atoms with Crippen LogP contribution in [0, 0.1) is 28.6 Å². The number of fused-ring (bicyclic) bond motifs is 1. The summed E-state index contributed by atoms with van der Waals surface area (Å²) in [6.45, 7) is 0. The number of esters is 3. The monoisotopic (exact) mass is 1290 g/mol. The Bertz CT molecular complexity index is 3450. The first-order valence-electron chi connectivity index (χ1n) is 28.9. The van der Waals surface area contributed by atoms with Gasteiger partial charge in [0, 0.05) is 73.7 Å². The molecule has 18 nitrogen and oxygen atoms in total. The van der Waals surface area contributed by atoms with Crippen molar-refractivity contribution in [3.63, 3.8) is 0 Å². The fourth-order valence-electron chi connectivity index (χ4n) is 9.62. The van der Waals surface area contributed by atoms with Crippen LogP contribution < -0.4 is 25.4 Å². The van der Waals surface area contributed by atoms with E-state index in [1.165, 1.54) is 46.3 Å². The van der Waals surface area contributed by atoms with Gasteiger partial charge in [-0.1, -0.05) is 100 Å². The van der Waals surface area contributed by atoms with Gasteiger partial charge in [0.2, 0.25) is 18.3 Å². The Kier molecular flexibility index (Phi) is 23.1. The molecule has 0 aliphatic heterocycles. The molecule has 0 bridgehead atoms. The number of aromatic amines is 1. The van der Waals surface area contributed by atoms with Crippen LogP contribution in [0.5, 0.6) is 11.5 Å². The number of ketones is 1. The number of Topliss-reactive ketones (excluding diaryl/α,β-unsaturated/α-hetero) is 1. The molecule has 5 aromatic carbocycles. The highest BCUT2D eigenvalue weighted by Gasteiger charge is 2.34. The number of carbonyl (C=O) groups is 7. The zero-order chi connectivity index (χ0) is 61.1. The van der Waals surface area contributed by atoms with Crippen LogP contribution in [0.15, 0.2) is 124 Å². The maximum Gasteiger partial charge on any atom is 0.311 e. The average Bonchev–Trinajstić information content (AvgIpc) is 4.48. The lowest BCUT2D eigenvalue weighted by atomic mass is 9.86. The lowest BCUT2D eigenvalue weighted by Crippen LogP contribution is -2.33. The molecule has 1 heterocycles. The van der Waals surface area contributed by atoms with Crippen LogP contribution in [0.4, 0.5) is 0 Å². The number of nitrogens with zero attached hydrogens (tertiary/aromatic N) is 2. The molecule has 4 N–H and O–H groups in total. The number of rotatable bonds is 23. The van der Waals surface area contributed by atoms with Gasteiger partial charge in [0.1, 0.15) is 11.5 Å². The molecule has 20 heteroatoms. The number of hydrogen-bond acceptors (Lipinski definition) is 14. The lowest BCUT2D eigenvalue weighted by Gasteiger charge is -2.22. The number of carbonyl (C=O) groups excluding carboxylic acids is 7. The second-order valence-electron chi connectivity index (χ2n) is 21.7. The highest BCUT2D eigenvalue weighted by atomic mass is 79.9. The first-order valence-corrected chi connectivity index (χ1v) is 30.4. The second-order valence-corrected chi connectivity index (χ2v) is 23.5. The molecule has 1 aromatic heterocycles. The van der Waals surface area contributed by atoms with E-state index >= 15 is 0 Å². The van der Waals surface area contributed by atoms with Crippen molar-refractivity contribution in [2.45, 2.75) is 139 Å². The molecule has 4 fully saturated rings. The molecule has 0 radical (unpaired) electrons. The van der Waals surface area contributed by atoms with Gasteiger partial charge in [-0.05, 0) is 129 Å². The van der Waals surface area contributed by atoms with Gasteiger partial charge in [0.05, 0.1) is 55.9 Å². The van der Waals surface area contributed by atoms with Crippen molar-refractivity contribution < 1.29 is 57.2 Å². The summed E-state index contributed by atoms with van der Waals surface area (Å²) in [5, 5.41) is 27.5. The standard InChI is InChI=1S/C23H24BrNO6.C22H18BrN3O3.C21H26N2O3/c1-29-17-9-11-20(30-2)18(13-17)19(26)10-12-21(27)31-22(23(28)25-16-7-8-16)14-3-5-15(24)6-4-14;23-16-5-8-19-18(10-16)15(12-25-19)9-20(27)29-21(22(28)26-17-6-7-17)14-3-1-13(11-24)2-4-14;22-14-16-6-9-17(10-7-16)20(21(25)23-18-11-12-18)26-19(24)13-8-15-4-2-1-3-5-15/h3-6,9,11,13,16,22H,7-8,10,12H2,1-2H3,(H,25,28);1-5,8,10,12,17,21,25H,6-7,9H2,(H,26,28);6-7,9-10,15,18,20H,1-5,8,11-13H2,(H,23,25). The molecule has 4 aliphatic carbocycles. The summed E-state index contributed by atoms with van der Waals surface area (Å²) in [4.78, 5) is 91.1. The zero-order valence-electron chi connectivity index (χ0n) is 47.9. The van der Waals surface area contributed by atoms with Crippen molar-refractivity contribution in [2.24, 2.45) is 5.92 Å². The second kappa shape index (κ2) is 31.2. The van der Waals surface area contributed by atoms with Crippen molar-refractivity contribution in [3.8, 4) is 23.6 Å². The van der Waals surface area contributed by atoms with Crippen molar-refractivity contribution >= 4 is 84.2 Å². The summed E-state index contributed by atoms with van der Waals surface area (Å²) in [5.74, 6) is -1.19. The minimum Gasteiger partial charge on any atom is -0.497 e. The highest BCUT2D eigenvalue weighted by molar-refractivity contribution is 9.10. The Morgan fingerprint density at radius 2 is 1.02 bits per heavy atom. The lowest BCUT2D eigenvalue weighted by molar-refractivity contribution is -0.157. The van der Waals surface area contributed by atoms with E-state index in [1.54, 1.807) is 97.2 Å². The average molecular weight is 1300 g/mol. The summed E-state index contributed by atoms with van der Waals surface area (Å²) in [5.41, 5.74) is 4.74. The first kappa shape index (κ1) is 63.7. The minimum atomic E-state index is -1.07. The number of nitrogens with one attached hydrogen (secondary N) is 4. The molecule has 0 spiro atoms. The Morgan fingerprint density at radius 3 is 1.50 bits per heavy atom. The molecule has 4 aliphatic rings. The van der Waals surface area contributed by atoms with Crippen LogP contribution in [0.1, 0.15) is 158 Å². The molecule has 448 valence electrons. The normalized spacial score (nSPS) is 15.4. The van der Waals surface area contributed by atoms with Crippen molar-refractivity contribution in [1.82, 2.24) is 20.9 Å². The third kappa shape index (κ3) is 19.3. The van der Waals surface area contributed by atoms with Crippen molar-refractivity contribution in [1.29, 1.82) is 10.5 Å². The van der Waals surface area contributed by atoms with Crippen molar-refractivity contribution in [2.75, 3.05) is 14.2 Å². The third-order valence-corrected chi connectivity index (χ3v) is 15.9. The number of hydrogen-bond donors (Lipinski definition) is 4. The highest BCUT2D eigenvalue weighted by Crippen LogP contribution is 2.32. The molecule has 0 saturated heterocycles. The summed E-state index contributed by atoms with van der Waals surface area (Å²) >= 11 is 6.79. The van der Waals surface area contributed by atoms with E-state index in [2.05, 4.69) is 58.9 Å². The molecule has 3 unspecified atom stereocenters. The van der Waals surface area contributed by atoms with Gasteiger partial charge < -0.3 is 44.6 Å². The maximum atomic E-state index is 12.7. The predicted octanol–water partition coefficient (Wildman–Crippen LogP) is 11.7. The molecular weight excluding hydrogens is 1230 g/mol. The van der Waals surface area contributed by atoms with Gasteiger partial charge >= 0.3 is 17.9 Å². The largest absolute Gasteiger partial charge is 0.497 e. The quantitative estimate of drug-likeness (QED) is 0.0264. The fraction of sp³-hybridized carbons (Fsp3) is 0.379. The van der Waals surface area contributed by atoms with E-state index < -0.39 is 30.3 Å². The van der Waals surface area contributed by atoms with E-state index in [1.807, 2.05) is 24.3 Å². The van der Waals surface area contributed by atoms with Crippen LogP contribution in [-0.2, 0) is 49.4 Å². The van der Waals surface area contributed by atoms with Crippen LogP contribution in [0.2, 0.25) is 0 Å². The maximum absolute atomic E-state index is 12.7. The van der Waals surface area contributed by atoms with Gasteiger partial charge in [-0.3, -0.25) is 33.6 Å². The van der Waals surface area contributed by atoms with Crippen LogP contribution in [-0.4, -0.2) is 78.7 Å². The van der Waals surface area contributed by atoms with E-state index in [-0.39, 0.29) is 66.9 Å². The number of H-pyrrole nitrogens is 1. The number of halogens is 2. The first-order chi connectivity index (χ1) is 41.6. The van der Waals surface area contributed by atoms with Gasteiger partial charge in [0.25, 0.3) is 17.7 Å². The van der Waals surface area contributed by atoms with Crippen LogP contribution in [0.25, 0.3) is 10.9 Å². The fourth-order valence-corrected chi connectivity index (χ4v) is 10.2. The summed E-state index contributed by atoms with van der Waals surface area (Å²) in [7, 11) is 2.97. The van der Waals surface area contributed by atoms with Crippen molar-refractivity contribution in [3.05, 3.63) is 163 Å². The Morgan fingerprint density at radius 1 is 0.547 bits per heavy atom. The molecule has 3 atom stereocenters. The van der Waals surface area contributed by atoms with Gasteiger partial charge in [-0.15, -0.1) is 0 Å². The number of ether oxygens (including phenoxy) is 5. The van der Waals surface area contributed by atoms with Gasteiger partial charge in [0.15, 0.2) is 5.78 Å².